The van der Waals surface area contributed by atoms with Crippen LogP contribution in [0.1, 0.15) is 5.69 Å². The first-order chi connectivity index (χ1) is 9.49. The molecule has 1 aromatic heterocycles. The number of halogens is 1. The van der Waals surface area contributed by atoms with Gasteiger partial charge in [0, 0.05) is 28.9 Å². The van der Waals surface area contributed by atoms with E-state index in [2.05, 4.69) is 15.4 Å². The van der Waals surface area contributed by atoms with E-state index in [1.54, 1.807) is 6.92 Å². The van der Waals surface area contributed by atoms with Crippen molar-refractivity contribution in [3.05, 3.63) is 45.1 Å². The lowest BCUT2D eigenvalue weighted by Crippen LogP contribution is -2.11. The molecule has 8 nitrogen and oxygen atoms in total. The highest BCUT2D eigenvalue weighted by molar-refractivity contribution is 6.30. The standard InChI is InChI=1S/C11H10ClN5O3/c1-6-4-10(15-11(14-6)16-13)20-9-5-7(12)2-3-8(9)17(18)19/h2-5H,13H2,1H3,(H,14,15,16). The number of nitrogen functional groups attached to an aromatic ring is 1. The lowest BCUT2D eigenvalue weighted by atomic mass is 10.3. The maximum absolute atomic E-state index is 10.9. The predicted octanol–water partition coefficient (Wildman–Crippen LogP) is 2.42. The van der Waals surface area contributed by atoms with Crippen molar-refractivity contribution in [1.82, 2.24) is 9.97 Å². The molecule has 20 heavy (non-hydrogen) atoms. The topological polar surface area (TPSA) is 116 Å². The summed E-state index contributed by atoms with van der Waals surface area (Å²) in [6.07, 6.45) is 0. The Morgan fingerprint density at radius 3 is 2.80 bits per heavy atom. The van der Waals surface area contributed by atoms with E-state index in [1.807, 2.05) is 0 Å². The Labute approximate surface area is 118 Å². The number of nitro benzene ring substituents is 1. The van der Waals surface area contributed by atoms with Gasteiger partial charge in [-0.3, -0.25) is 15.5 Å². The van der Waals surface area contributed by atoms with Crippen molar-refractivity contribution in [1.29, 1.82) is 0 Å². The Balaban J connectivity index is 2.41. The summed E-state index contributed by atoms with van der Waals surface area (Å²) in [5.41, 5.74) is 2.66. The maximum Gasteiger partial charge on any atom is 0.311 e. The van der Waals surface area contributed by atoms with Gasteiger partial charge < -0.3 is 4.74 Å². The number of nitrogens with zero attached hydrogens (tertiary/aromatic N) is 3. The van der Waals surface area contributed by atoms with E-state index < -0.39 is 4.92 Å². The van der Waals surface area contributed by atoms with Crippen molar-refractivity contribution in [2.45, 2.75) is 6.92 Å². The molecule has 0 radical (unpaired) electrons. The fourth-order valence-corrected chi connectivity index (χ4v) is 1.65. The highest BCUT2D eigenvalue weighted by atomic mass is 35.5. The van der Waals surface area contributed by atoms with Gasteiger partial charge in [0.05, 0.1) is 4.92 Å². The molecular weight excluding hydrogens is 286 g/mol. The number of anilines is 1. The molecule has 2 aromatic rings. The Hall–Kier alpha value is -2.45. The average Bonchev–Trinajstić information content (AvgIpc) is 2.37. The number of nitro groups is 1. The zero-order valence-corrected chi connectivity index (χ0v) is 11.1. The lowest BCUT2D eigenvalue weighted by Gasteiger charge is -2.07. The Kier molecular flexibility index (Phi) is 3.97. The number of benzene rings is 1. The van der Waals surface area contributed by atoms with Crippen LogP contribution in [0.25, 0.3) is 0 Å². The van der Waals surface area contributed by atoms with Crippen LogP contribution in [0.2, 0.25) is 5.02 Å². The van der Waals surface area contributed by atoms with Crippen LogP contribution in [0.4, 0.5) is 11.6 Å². The molecule has 1 heterocycles. The second kappa shape index (κ2) is 5.68. The molecule has 0 bridgehead atoms. The third-order valence-electron chi connectivity index (χ3n) is 2.29. The van der Waals surface area contributed by atoms with Gasteiger partial charge >= 0.3 is 5.69 Å². The number of ether oxygens (including phenoxy) is 1. The molecule has 3 N–H and O–H groups in total. The number of hydrazine groups is 1. The van der Waals surface area contributed by atoms with Crippen molar-refractivity contribution in [3.63, 3.8) is 0 Å². The Morgan fingerprint density at radius 1 is 1.40 bits per heavy atom. The summed E-state index contributed by atoms with van der Waals surface area (Å²) < 4.78 is 5.40. The van der Waals surface area contributed by atoms with Gasteiger partial charge in [-0.2, -0.15) is 4.98 Å². The van der Waals surface area contributed by atoms with Gasteiger partial charge in [-0.15, -0.1) is 0 Å². The number of hydrogen-bond acceptors (Lipinski definition) is 7. The average molecular weight is 296 g/mol. The smallest absolute Gasteiger partial charge is 0.311 e. The summed E-state index contributed by atoms with van der Waals surface area (Å²) in [5.74, 6) is 5.48. The third kappa shape index (κ3) is 3.11. The summed E-state index contributed by atoms with van der Waals surface area (Å²) in [7, 11) is 0. The summed E-state index contributed by atoms with van der Waals surface area (Å²) in [6, 6.07) is 5.52. The van der Waals surface area contributed by atoms with Crippen molar-refractivity contribution < 1.29 is 9.66 Å². The molecule has 9 heteroatoms. The van der Waals surface area contributed by atoms with Crippen LogP contribution in [-0.4, -0.2) is 14.9 Å². The molecule has 0 saturated heterocycles. The first-order valence-corrected chi connectivity index (χ1v) is 5.81. The van der Waals surface area contributed by atoms with Crippen LogP contribution < -0.4 is 16.0 Å². The van der Waals surface area contributed by atoms with E-state index in [9.17, 15) is 10.1 Å². The number of nitrogens with two attached hydrogens (primary N) is 1. The number of nitrogens with one attached hydrogen (secondary N) is 1. The second-order valence-electron chi connectivity index (χ2n) is 3.79. The van der Waals surface area contributed by atoms with Crippen molar-refractivity contribution >= 4 is 23.2 Å². The van der Waals surface area contributed by atoms with Crippen LogP contribution in [-0.2, 0) is 0 Å². The Morgan fingerprint density at radius 2 is 2.15 bits per heavy atom. The summed E-state index contributed by atoms with van der Waals surface area (Å²) in [5, 5.41) is 11.2. The molecule has 0 fully saturated rings. The maximum atomic E-state index is 10.9. The van der Waals surface area contributed by atoms with Gasteiger partial charge in [0.15, 0.2) is 0 Å². The van der Waals surface area contributed by atoms with E-state index in [-0.39, 0.29) is 23.3 Å². The summed E-state index contributed by atoms with van der Waals surface area (Å²) in [4.78, 5) is 18.3. The molecule has 104 valence electrons. The van der Waals surface area contributed by atoms with Crippen LogP contribution in [0.15, 0.2) is 24.3 Å². The minimum Gasteiger partial charge on any atom is -0.432 e. The van der Waals surface area contributed by atoms with Crippen LogP contribution >= 0.6 is 11.6 Å². The molecule has 0 atom stereocenters. The molecular formula is C11H10ClN5O3. The van der Waals surface area contributed by atoms with Gasteiger partial charge in [-0.25, -0.2) is 10.8 Å². The van der Waals surface area contributed by atoms with Gasteiger partial charge in [0.25, 0.3) is 0 Å². The van der Waals surface area contributed by atoms with Gasteiger partial charge in [-0.1, -0.05) is 11.6 Å². The van der Waals surface area contributed by atoms with Crippen molar-refractivity contribution in [2.75, 3.05) is 5.43 Å². The summed E-state index contributed by atoms with van der Waals surface area (Å²) >= 11 is 5.81. The van der Waals surface area contributed by atoms with Gasteiger partial charge in [0.2, 0.25) is 17.6 Å². The van der Waals surface area contributed by atoms with E-state index in [4.69, 9.17) is 22.2 Å². The first kappa shape index (κ1) is 14.0. The quantitative estimate of drug-likeness (QED) is 0.505. The van der Waals surface area contributed by atoms with Crippen LogP contribution in [0, 0.1) is 17.0 Å². The highest BCUT2D eigenvalue weighted by Gasteiger charge is 2.17. The third-order valence-corrected chi connectivity index (χ3v) is 2.53. The van der Waals surface area contributed by atoms with E-state index in [1.165, 1.54) is 24.3 Å². The van der Waals surface area contributed by atoms with Crippen molar-refractivity contribution in [2.24, 2.45) is 5.84 Å². The lowest BCUT2D eigenvalue weighted by molar-refractivity contribution is -0.385. The molecule has 2 rings (SSSR count). The molecule has 0 aliphatic rings. The SMILES string of the molecule is Cc1cc(Oc2cc(Cl)ccc2[N+](=O)[O-])nc(NN)n1. The van der Waals surface area contributed by atoms with Crippen LogP contribution in [0.3, 0.4) is 0 Å². The monoisotopic (exact) mass is 295 g/mol. The number of rotatable bonds is 4. The van der Waals surface area contributed by atoms with E-state index in [0.29, 0.717) is 10.7 Å². The normalized spacial score (nSPS) is 10.2. The minimum absolute atomic E-state index is 0.0106. The van der Waals surface area contributed by atoms with Gasteiger partial charge in [-0.05, 0) is 13.0 Å². The fraction of sp³-hybridized carbons (Fsp3) is 0.0909. The molecule has 0 spiro atoms. The number of aromatic nitrogens is 2. The molecule has 0 saturated carbocycles. The molecule has 0 unspecified atom stereocenters. The Bertz CT molecular complexity index is 665. The fourth-order valence-electron chi connectivity index (χ4n) is 1.49. The predicted molar refractivity (Wildman–Crippen MR) is 72.8 cm³/mol. The summed E-state index contributed by atoms with van der Waals surface area (Å²) in [6.45, 7) is 1.71. The zero-order valence-electron chi connectivity index (χ0n) is 10.3. The second-order valence-corrected chi connectivity index (χ2v) is 4.22. The molecule has 0 aliphatic carbocycles. The highest BCUT2D eigenvalue weighted by Crippen LogP contribution is 2.33. The van der Waals surface area contributed by atoms with E-state index in [0.717, 1.165) is 0 Å². The minimum atomic E-state index is -0.568. The number of aryl methyl sites for hydroxylation is 1. The molecule has 0 aliphatic heterocycles. The van der Waals surface area contributed by atoms with Crippen LogP contribution in [0.5, 0.6) is 11.6 Å². The molecule has 1 aromatic carbocycles. The zero-order chi connectivity index (χ0) is 14.7. The first-order valence-electron chi connectivity index (χ1n) is 5.43. The van der Waals surface area contributed by atoms with E-state index >= 15 is 0 Å². The van der Waals surface area contributed by atoms with Gasteiger partial charge in [0.1, 0.15) is 0 Å². The largest absolute Gasteiger partial charge is 0.432 e. The van der Waals surface area contributed by atoms with Crippen molar-refractivity contribution in [3.8, 4) is 11.6 Å². The molecule has 0 amide bonds. The number of hydrogen-bond donors (Lipinski definition) is 2.